The number of ether oxygens (including phenoxy) is 1. The molecule has 92 valence electrons. The highest BCUT2D eigenvalue weighted by Crippen LogP contribution is 2.27. The molecular weight excluding hydrogens is 204 g/mol. The fraction of sp³-hybridized carbons (Fsp3) is 1.00. The molecule has 0 aliphatic carbocycles. The zero-order chi connectivity index (χ0) is 11.0. The average Bonchev–Trinajstić information content (AvgIpc) is 2.40. The lowest BCUT2D eigenvalue weighted by molar-refractivity contribution is -0.0823. The molecule has 4 aliphatic heterocycles. The Balaban J connectivity index is 1.63. The van der Waals surface area contributed by atoms with Gasteiger partial charge >= 0.3 is 0 Å². The Bertz CT molecular complexity index is 235. The molecule has 4 saturated heterocycles. The molecule has 16 heavy (non-hydrogen) atoms. The molecule has 2 atom stereocenters. The summed E-state index contributed by atoms with van der Waals surface area (Å²) in [5, 5.41) is 10.5. The third-order valence-electron chi connectivity index (χ3n) is 4.46. The normalized spacial score (nSPS) is 42.2. The molecule has 4 fully saturated rings. The predicted octanol–water partition coefficient (Wildman–Crippen LogP) is -0.226. The Morgan fingerprint density at radius 3 is 2.31 bits per heavy atom. The summed E-state index contributed by atoms with van der Waals surface area (Å²) in [4.78, 5) is 4.98. The fourth-order valence-electron chi connectivity index (χ4n) is 3.35. The zero-order valence-electron chi connectivity index (χ0n) is 9.85. The minimum atomic E-state index is -0.146. The topological polar surface area (TPSA) is 35.9 Å². The maximum Gasteiger partial charge on any atom is 0.0737 e. The molecule has 4 aliphatic rings. The van der Waals surface area contributed by atoms with E-state index in [1.54, 1.807) is 0 Å². The minimum Gasteiger partial charge on any atom is -0.391 e. The smallest absolute Gasteiger partial charge is 0.0737 e. The van der Waals surface area contributed by atoms with Crippen LogP contribution in [0.4, 0.5) is 0 Å². The van der Waals surface area contributed by atoms with Crippen molar-refractivity contribution < 1.29 is 9.84 Å². The van der Waals surface area contributed by atoms with Crippen LogP contribution < -0.4 is 0 Å². The molecule has 0 aromatic rings. The van der Waals surface area contributed by atoms with Crippen molar-refractivity contribution in [3.05, 3.63) is 0 Å². The van der Waals surface area contributed by atoms with E-state index >= 15 is 0 Å². The van der Waals surface area contributed by atoms with Crippen LogP contribution in [0.1, 0.15) is 12.8 Å². The second kappa shape index (κ2) is 4.61. The molecule has 4 heterocycles. The highest BCUT2D eigenvalue weighted by Gasteiger charge is 2.39. The number of aliphatic hydroxyl groups is 1. The standard InChI is InChI=1S/C12H22N2O2/c15-12(10-1-7-16-8-2-10)11-9-13-3-5-14(11)6-4-13/h10-12,15H,1-9H2. The molecule has 0 amide bonds. The van der Waals surface area contributed by atoms with Crippen molar-refractivity contribution in [2.24, 2.45) is 5.92 Å². The van der Waals surface area contributed by atoms with Gasteiger partial charge in [0.05, 0.1) is 6.10 Å². The summed E-state index contributed by atoms with van der Waals surface area (Å²) < 4.78 is 5.36. The molecule has 0 aromatic heterocycles. The van der Waals surface area contributed by atoms with Gasteiger partial charge < -0.3 is 9.84 Å². The molecule has 0 radical (unpaired) electrons. The fourth-order valence-corrected chi connectivity index (χ4v) is 3.35. The van der Waals surface area contributed by atoms with Gasteiger partial charge in [-0.2, -0.15) is 0 Å². The van der Waals surface area contributed by atoms with Crippen LogP contribution in [0.15, 0.2) is 0 Å². The maximum absolute atomic E-state index is 10.5. The quantitative estimate of drug-likeness (QED) is 0.706. The van der Waals surface area contributed by atoms with Crippen molar-refractivity contribution in [3.63, 3.8) is 0 Å². The lowest BCUT2D eigenvalue weighted by Crippen LogP contribution is -2.65. The Hall–Kier alpha value is -0.160. The molecule has 1 N–H and O–H groups in total. The summed E-state index contributed by atoms with van der Waals surface area (Å²) in [7, 11) is 0. The zero-order valence-corrected chi connectivity index (χ0v) is 9.85. The van der Waals surface area contributed by atoms with Gasteiger partial charge in [0.15, 0.2) is 0 Å². The number of aliphatic hydroxyl groups excluding tert-OH is 1. The molecule has 0 spiro atoms. The number of nitrogens with zero attached hydrogens (tertiary/aromatic N) is 2. The third kappa shape index (κ3) is 1.99. The van der Waals surface area contributed by atoms with Crippen molar-refractivity contribution in [3.8, 4) is 0 Å². The summed E-state index contributed by atoms with van der Waals surface area (Å²) >= 11 is 0. The summed E-state index contributed by atoms with van der Waals surface area (Å²) in [5.74, 6) is 0.458. The Kier molecular flexibility index (Phi) is 3.16. The predicted molar refractivity (Wildman–Crippen MR) is 61.4 cm³/mol. The van der Waals surface area contributed by atoms with Crippen LogP contribution in [-0.4, -0.2) is 73.0 Å². The van der Waals surface area contributed by atoms with Crippen molar-refractivity contribution in [2.75, 3.05) is 45.9 Å². The van der Waals surface area contributed by atoms with Gasteiger partial charge in [-0.25, -0.2) is 0 Å². The first-order valence-corrected chi connectivity index (χ1v) is 6.57. The lowest BCUT2D eigenvalue weighted by atomic mass is 9.87. The van der Waals surface area contributed by atoms with E-state index in [9.17, 15) is 5.11 Å². The number of rotatable bonds is 2. The summed E-state index contributed by atoms with van der Waals surface area (Å²) in [6.45, 7) is 7.40. The van der Waals surface area contributed by atoms with Gasteiger partial charge in [0.2, 0.25) is 0 Å². The second-order valence-corrected chi connectivity index (χ2v) is 5.34. The number of piperazine rings is 3. The van der Waals surface area contributed by atoms with Crippen LogP contribution in [0.2, 0.25) is 0 Å². The van der Waals surface area contributed by atoms with Gasteiger partial charge in [-0.05, 0) is 18.8 Å². The van der Waals surface area contributed by atoms with Crippen LogP contribution in [-0.2, 0) is 4.74 Å². The van der Waals surface area contributed by atoms with E-state index in [0.29, 0.717) is 12.0 Å². The third-order valence-corrected chi connectivity index (χ3v) is 4.46. The second-order valence-electron chi connectivity index (χ2n) is 5.34. The van der Waals surface area contributed by atoms with Gasteiger partial charge in [0, 0.05) is 52.0 Å². The van der Waals surface area contributed by atoms with E-state index in [4.69, 9.17) is 4.74 Å². The van der Waals surface area contributed by atoms with Crippen LogP contribution in [0.5, 0.6) is 0 Å². The Labute approximate surface area is 97.2 Å². The molecule has 4 heteroatoms. The largest absolute Gasteiger partial charge is 0.391 e. The Morgan fingerprint density at radius 1 is 1.06 bits per heavy atom. The number of hydrogen-bond acceptors (Lipinski definition) is 4. The van der Waals surface area contributed by atoms with E-state index in [2.05, 4.69) is 9.80 Å². The van der Waals surface area contributed by atoms with Crippen LogP contribution in [0, 0.1) is 5.92 Å². The monoisotopic (exact) mass is 226 g/mol. The molecule has 2 bridgehead atoms. The van der Waals surface area contributed by atoms with Gasteiger partial charge in [-0.15, -0.1) is 0 Å². The van der Waals surface area contributed by atoms with E-state index in [1.165, 1.54) is 13.1 Å². The summed E-state index contributed by atoms with van der Waals surface area (Å²) in [5.41, 5.74) is 0. The first-order chi connectivity index (χ1) is 7.84. The van der Waals surface area contributed by atoms with Crippen LogP contribution >= 0.6 is 0 Å². The first-order valence-electron chi connectivity index (χ1n) is 6.57. The number of fused-ring (bicyclic) bond motifs is 3. The molecule has 2 unspecified atom stereocenters. The first kappa shape index (κ1) is 11.0. The molecule has 4 rings (SSSR count). The number of hydrogen-bond donors (Lipinski definition) is 1. The molecule has 0 saturated carbocycles. The average molecular weight is 226 g/mol. The summed E-state index contributed by atoms with van der Waals surface area (Å²) in [6.07, 6.45) is 1.92. The molecule has 4 nitrogen and oxygen atoms in total. The van der Waals surface area contributed by atoms with Crippen molar-refractivity contribution >= 4 is 0 Å². The van der Waals surface area contributed by atoms with Crippen LogP contribution in [0.3, 0.4) is 0 Å². The summed E-state index contributed by atoms with van der Waals surface area (Å²) in [6, 6.07) is 0.380. The van der Waals surface area contributed by atoms with E-state index in [-0.39, 0.29) is 6.10 Å². The molecular formula is C12H22N2O2. The lowest BCUT2D eigenvalue weighted by Gasteiger charge is -2.50. The SMILES string of the molecule is OC(C1CCOCC1)C1CN2CCN1CC2. The van der Waals surface area contributed by atoms with Crippen molar-refractivity contribution in [2.45, 2.75) is 25.0 Å². The van der Waals surface area contributed by atoms with Crippen molar-refractivity contribution in [1.82, 2.24) is 9.80 Å². The van der Waals surface area contributed by atoms with Crippen molar-refractivity contribution in [1.29, 1.82) is 0 Å². The van der Waals surface area contributed by atoms with Gasteiger partial charge in [0.1, 0.15) is 0 Å². The van der Waals surface area contributed by atoms with Crippen LogP contribution in [0.25, 0.3) is 0 Å². The minimum absolute atomic E-state index is 0.146. The maximum atomic E-state index is 10.5. The van der Waals surface area contributed by atoms with E-state index in [1.807, 2.05) is 0 Å². The van der Waals surface area contributed by atoms with Gasteiger partial charge in [-0.1, -0.05) is 0 Å². The highest BCUT2D eigenvalue weighted by atomic mass is 16.5. The highest BCUT2D eigenvalue weighted by molar-refractivity contribution is 4.94. The Morgan fingerprint density at radius 2 is 1.75 bits per heavy atom. The van der Waals surface area contributed by atoms with E-state index in [0.717, 1.165) is 45.7 Å². The molecule has 0 aromatic carbocycles. The van der Waals surface area contributed by atoms with E-state index < -0.39 is 0 Å². The van der Waals surface area contributed by atoms with Gasteiger partial charge in [-0.3, -0.25) is 9.80 Å². The van der Waals surface area contributed by atoms with Gasteiger partial charge in [0.25, 0.3) is 0 Å².